The maximum Gasteiger partial charge on any atom is 0.269 e. The van der Waals surface area contributed by atoms with E-state index in [0.29, 0.717) is 22.9 Å². The second-order valence-electron chi connectivity index (χ2n) is 8.68. The molecule has 0 aliphatic rings. The average Bonchev–Trinajstić information content (AvgIpc) is 2.84. The van der Waals surface area contributed by atoms with Gasteiger partial charge in [0, 0.05) is 40.9 Å². The van der Waals surface area contributed by atoms with Crippen LogP contribution in [0.15, 0.2) is 59.8 Å². The third-order valence-electron chi connectivity index (χ3n) is 5.57. The summed E-state index contributed by atoms with van der Waals surface area (Å²) in [6.07, 6.45) is 0. The van der Waals surface area contributed by atoms with Gasteiger partial charge in [0.25, 0.3) is 11.8 Å². The van der Waals surface area contributed by atoms with Gasteiger partial charge in [0.1, 0.15) is 0 Å². The number of rotatable bonds is 9. The summed E-state index contributed by atoms with van der Waals surface area (Å²) in [5.74, 6) is -0.0324. The highest BCUT2D eigenvalue weighted by Crippen LogP contribution is 2.20. The zero-order chi connectivity index (χ0) is 25.4. The number of thioether (sulfide) groups is 1. The van der Waals surface area contributed by atoms with Gasteiger partial charge >= 0.3 is 0 Å². The van der Waals surface area contributed by atoms with Crippen LogP contribution in [-0.2, 0) is 12.3 Å². The number of aromatic nitrogens is 2. The fraction of sp³-hybridized carbons (Fsp3) is 0.333. The lowest BCUT2D eigenvalue weighted by Gasteiger charge is -2.24. The summed E-state index contributed by atoms with van der Waals surface area (Å²) in [7, 11) is 0. The molecule has 0 bridgehead atoms. The van der Waals surface area contributed by atoms with Crippen molar-refractivity contribution in [3.63, 3.8) is 0 Å². The van der Waals surface area contributed by atoms with Gasteiger partial charge in [-0.15, -0.1) is 0 Å². The standard InChI is InChI=1S/C27H33N5O2S/c1-6-32(18(2)3)16-21-7-11-23(12-8-21)25(33)30-31-26(34)24-13-9-22(10-14-24)17-35-27-28-19(4)15-20(5)29-27/h7-15,18H,6,16-17H2,1-5H3,(H,30,33)(H,31,34). The van der Waals surface area contributed by atoms with Gasteiger partial charge in [-0.25, -0.2) is 9.97 Å². The highest BCUT2D eigenvalue weighted by atomic mass is 32.2. The Balaban J connectivity index is 1.49. The Bertz CT molecular complexity index is 1130. The van der Waals surface area contributed by atoms with Gasteiger partial charge in [-0.1, -0.05) is 43.0 Å². The first-order chi connectivity index (χ1) is 16.7. The van der Waals surface area contributed by atoms with Crippen molar-refractivity contribution in [3.8, 4) is 0 Å². The van der Waals surface area contributed by atoms with E-state index in [4.69, 9.17) is 0 Å². The molecule has 3 rings (SSSR count). The molecule has 1 aromatic heterocycles. The van der Waals surface area contributed by atoms with Crippen LogP contribution in [0.2, 0.25) is 0 Å². The lowest BCUT2D eigenvalue weighted by molar-refractivity contribution is 0.0846. The highest BCUT2D eigenvalue weighted by molar-refractivity contribution is 7.98. The Morgan fingerprint density at radius 1 is 0.857 bits per heavy atom. The minimum Gasteiger partial charge on any atom is -0.297 e. The molecule has 0 aliphatic carbocycles. The van der Waals surface area contributed by atoms with Crippen molar-refractivity contribution in [1.82, 2.24) is 25.7 Å². The predicted octanol–water partition coefficient (Wildman–Crippen LogP) is 4.69. The molecular weight excluding hydrogens is 458 g/mol. The summed E-state index contributed by atoms with van der Waals surface area (Å²) in [4.78, 5) is 36.1. The zero-order valence-electron chi connectivity index (χ0n) is 21.0. The Morgan fingerprint density at radius 3 is 1.80 bits per heavy atom. The van der Waals surface area contributed by atoms with Crippen molar-refractivity contribution in [2.75, 3.05) is 6.54 Å². The number of hydrazine groups is 1. The van der Waals surface area contributed by atoms with Crippen LogP contribution < -0.4 is 10.9 Å². The maximum atomic E-state index is 12.5. The first-order valence-electron chi connectivity index (χ1n) is 11.7. The van der Waals surface area contributed by atoms with E-state index in [0.717, 1.165) is 40.8 Å². The van der Waals surface area contributed by atoms with E-state index in [2.05, 4.69) is 46.5 Å². The SMILES string of the molecule is CCN(Cc1ccc(C(=O)NNC(=O)c2ccc(CSc3nc(C)cc(C)n3)cc2)cc1)C(C)C. The number of benzene rings is 2. The molecule has 0 spiro atoms. The zero-order valence-corrected chi connectivity index (χ0v) is 21.8. The molecule has 0 saturated heterocycles. The number of hydrogen-bond acceptors (Lipinski definition) is 6. The monoisotopic (exact) mass is 491 g/mol. The second kappa shape index (κ2) is 12.5. The quantitative estimate of drug-likeness (QED) is 0.257. The van der Waals surface area contributed by atoms with E-state index >= 15 is 0 Å². The first-order valence-corrected chi connectivity index (χ1v) is 12.7. The second-order valence-corrected chi connectivity index (χ2v) is 9.62. The average molecular weight is 492 g/mol. The summed E-state index contributed by atoms with van der Waals surface area (Å²) in [5.41, 5.74) is 10.0. The van der Waals surface area contributed by atoms with Crippen molar-refractivity contribution in [3.05, 3.63) is 88.2 Å². The summed E-state index contributed by atoms with van der Waals surface area (Å²) < 4.78 is 0. The number of carbonyl (C=O) groups is 2. The fourth-order valence-electron chi connectivity index (χ4n) is 3.57. The molecule has 7 nitrogen and oxygen atoms in total. The van der Waals surface area contributed by atoms with E-state index in [1.807, 2.05) is 44.2 Å². The van der Waals surface area contributed by atoms with Crippen LogP contribution in [0.3, 0.4) is 0 Å². The Kier molecular flexibility index (Phi) is 9.39. The third kappa shape index (κ3) is 7.90. The molecule has 2 aromatic carbocycles. The van der Waals surface area contributed by atoms with E-state index in [1.54, 1.807) is 36.0 Å². The summed E-state index contributed by atoms with van der Waals surface area (Å²) in [6, 6.07) is 17.1. The minimum atomic E-state index is -0.373. The molecule has 35 heavy (non-hydrogen) atoms. The maximum absolute atomic E-state index is 12.5. The molecule has 0 atom stereocenters. The van der Waals surface area contributed by atoms with E-state index in [9.17, 15) is 9.59 Å². The van der Waals surface area contributed by atoms with Crippen molar-refractivity contribution in [1.29, 1.82) is 0 Å². The highest BCUT2D eigenvalue weighted by Gasteiger charge is 2.11. The molecule has 0 radical (unpaired) electrons. The molecule has 2 N–H and O–H groups in total. The largest absolute Gasteiger partial charge is 0.297 e. The number of amides is 2. The van der Waals surface area contributed by atoms with E-state index in [1.165, 1.54) is 0 Å². The van der Waals surface area contributed by atoms with Crippen LogP contribution >= 0.6 is 11.8 Å². The van der Waals surface area contributed by atoms with Crippen molar-refractivity contribution < 1.29 is 9.59 Å². The Labute approximate surface area is 211 Å². The Morgan fingerprint density at radius 2 is 1.34 bits per heavy atom. The number of nitrogens with zero attached hydrogens (tertiary/aromatic N) is 3. The van der Waals surface area contributed by atoms with Crippen molar-refractivity contribution in [2.45, 2.75) is 58.1 Å². The molecule has 0 saturated carbocycles. The van der Waals surface area contributed by atoms with Crippen LogP contribution in [0, 0.1) is 13.8 Å². The molecule has 184 valence electrons. The van der Waals surface area contributed by atoms with E-state index < -0.39 is 0 Å². The lowest BCUT2D eigenvalue weighted by atomic mass is 10.1. The number of nitrogens with one attached hydrogen (secondary N) is 2. The van der Waals surface area contributed by atoms with Crippen LogP contribution in [0.25, 0.3) is 0 Å². The fourth-order valence-corrected chi connectivity index (χ4v) is 4.48. The molecule has 0 fully saturated rings. The van der Waals surface area contributed by atoms with Gasteiger partial charge in [-0.3, -0.25) is 25.3 Å². The van der Waals surface area contributed by atoms with Crippen molar-refractivity contribution in [2.24, 2.45) is 0 Å². The number of carbonyl (C=O) groups excluding carboxylic acids is 2. The van der Waals surface area contributed by atoms with Gasteiger partial charge in [-0.05, 0) is 75.7 Å². The molecule has 3 aromatic rings. The molecular formula is C27H33N5O2S. The van der Waals surface area contributed by atoms with Crippen LogP contribution in [0.4, 0.5) is 0 Å². The van der Waals surface area contributed by atoms with Gasteiger partial charge in [0.2, 0.25) is 0 Å². The molecule has 1 heterocycles. The van der Waals surface area contributed by atoms with Crippen LogP contribution in [0.1, 0.15) is 64.0 Å². The topological polar surface area (TPSA) is 87.2 Å². The normalized spacial score (nSPS) is 11.1. The smallest absolute Gasteiger partial charge is 0.269 e. The number of aryl methyl sites for hydroxylation is 2. The number of hydrogen-bond donors (Lipinski definition) is 2. The summed E-state index contributed by atoms with van der Waals surface area (Å²) in [6.45, 7) is 12.2. The molecule has 8 heteroatoms. The Hall–Kier alpha value is -3.23. The van der Waals surface area contributed by atoms with Gasteiger partial charge < -0.3 is 0 Å². The van der Waals surface area contributed by atoms with Gasteiger partial charge in [-0.2, -0.15) is 0 Å². The summed E-state index contributed by atoms with van der Waals surface area (Å²) in [5, 5.41) is 0.739. The molecule has 0 unspecified atom stereocenters. The van der Waals surface area contributed by atoms with Gasteiger partial charge in [0.05, 0.1) is 0 Å². The molecule has 0 aliphatic heterocycles. The minimum absolute atomic E-state index is 0.359. The van der Waals surface area contributed by atoms with Crippen LogP contribution in [-0.4, -0.2) is 39.3 Å². The third-order valence-corrected chi connectivity index (χ3v) is 6.49. The van der Waals surface area contributed by atoms with E-state index in [-0.39, 0.29) is 11.8 Å². The lowest BCUT2D eigenvalue weighted by Crippen LogP contribution is -2.41. The van der Waals surface area contributed by atoms with Gasteiger partial charge in [0.15, 0.2) is 5.16 Å². The first kappa shape index (κ1) is 26.4. The molecule has 2 amide bonds. The predicted molar refractivity (Wildman–Crippen MR) is 140 cm³/mol. The summed E-state index contributed by atoms with van der Waals surface area (Å²) >= 11 is 1.55. The van der Waals surface area contributed by atoms with Crippen molar-refractivity contribution >= 4 is 23.6 Å². The van der Waals surface area contributed by atoms with Crippen LogP contribution in [0.5, 0.6) is 0 Å².